The quantitative estimate of drug-likeness (QED) is 0.503. The molecule has 0 aromatic carbocycles. The van der Waals surface area contributed by atoms with Crippen molar-refractivity contribution >= 4 is 9.84 Å². The fraction of sp³-hybridized carbons (Fsp3) is 0.778. The molecule has 1 N–H and O–H groups in total. The maximum Gasteiger partial charge on any atom is 0.154 e. The van der Waals surface area contributed by atoms with Crippen molar-refractivity contribution < 1.29 is 8.42 Å². The third-order valence-corrected chi connectivity index (χ3v) is 4.31. The van der Waals surface area contributed by atoms with Crippen LogP contribution in [-0.4, -0.2) is 32.5 Å². The monoisotopic (exact) mass is 203 g/mol. The second kappa shape index (κ2) is 6.01. The molecule has 76 valence electrons. The lowest BCUT2D eigenvalue weighted by Crippen LogP contribution is -2.28. The van der Waals surface area contributed by atoms with Gasteiger partial charge in [-0.25, -0.2) is 8.42 Å². The highest BCUT2D eigenvalue weighted by molar-refractivity contribution is 7.92. The molecule has 0 bridgehead atoms. The number of terminal acetylenes is 1. The largest absolute Gasteiger partial charge is 0.305 e. The van der Waals surface area contributed by atoms with Crippen molar-refractivity contribution in [1.29, 1.82) is 0 Å². The van der Waals surface area contributed by atoms with Gasteiger partial charge in [-0.15, -0.1) is 6.42 Å². The Bertz CT molecular complexity index is 264. The third-order valence-electron chi connectivity index (χ3n) is 1.98. The first kappa shape index (κ1) is 12.5. The summed E-state index contributed by atoms with van der Waals surface area (Å²) in [5.41, 5.74) is 0. The molecule has 0 aromatic rings. The maximum atomic E-state index is 11.4. The highest BCUT2D eigenvalue weighted by atomic mass is 32.2. The first-order chi connectivity index (χ1) is 6.04. The Hall–Kier alpha value is -0.530. The van der Waals surface area contributed by atoms with Gasteiger partial charge in [-0.1, -0.05) is 12.8 Å². The van der Waals surface area contributed by atoms with E-state index in [0.717, 1.165) is 0 Å². The molecule has 13 heavy (non-hydrogen) atoms. The molecule has 1 atom stereocenters. The van der Waals surface area contributed by atoms with Gasteiger partial charge in [0.2, 0.25) is 0 Å². The smallest absolute Gasteiger partial charge is 0.154 e. The average Bonchev–Trinajstić information content (AvgIpc) is 2.11. The van der Waals surface area contributed by atoms with Crippen LogP contribution >= 0.6 is 0 Å². The van der Waals surface area contributed by atoms with Gasteiger partial charge < -0.3 is 5.32 Å². The highest BCUT2D eigenvalue weighted by Crippen LogP contribution is 2.04. The maximum absolute atomic E-state index is 11.4. The van der Waals surface area contributed by atoms with Crippen molar-refractivity contribution in [3.8, 4) is 12.3 Å². The van der Waals surface area contributed by atoms with Crippen LogP contribution in [0.5, 0.6) is 0 Å². The summed E-state index contributed by atoms with van der Waals surface area (Å²) in [6, 6.07) is 0. The van der Waals surface area contributed by atoms with Gasteiger partial charge in [-0.05, 0) is 13.3 Å². The van der Waals surface area contributed by atoms with Crippen molar-refractivity contribution in [3.05, 3.63) is 0 Å². The Morgan fingerprint density at radius 2 is 2.15 bits per heavy atom. The number of hydrogen-bond acceptors (Lipinski definition) is 3. The molecular weight excluding hydrogens is 186 g/mol. The molecule has 0 aliphatic carbocycles. The first-order valence-corrected chi connectivity index (χ1v) is 6.12. The van der Waals surface area contributed by atoms with Crippen LogP contribution in [0.1, 0.15) is 20.3 Å². The fourth-order valence-corrected chi connectivity index (χ4v) is 2.17. The molecular formula is C9H17NO2S. The summed E-state index contributed by atoms with van der Waals surface area (Å²) in [5, 5.41) is 2.60. The zero-order valence-electron chi connectivity index (χ0n) is 8.21. The van der Waals surface area contributed by atoms with E-state index in [0.29, 0.717) is 19.5 Å². The fourth-order valence-electron chi connectivity index (χ4n) is 0.830. The molecule has 0 heterocycles. The zero-order chi connectivity index (χ0) is 10.3. The van der Waals surface area contributed by atoms with Gasteiger partial charge in [0.1, 0.15) is 0 Å². The lowest BCUT2D eigenvalue weighted by Gasteiger charge is -2.09. The van der Waals surface area contributed by atoms with Crippen LogP contribution in [0.3, 0.4) is 0 Å². The van der Waals surface area contributed by atoms with E-state index in [2.05, 4.69) is 11.2 Å². The summed E-state index contributed by atoms with van der Waals surface area (Å²) in [6.07, 6.45) is 5.67. The molecule has 0 aromatic heterocycles. The van der Waals surface area contributed by atoms with E-state index in [1.165, 1.54) is 0 Å². The number of hydrogen-bond donors (Lipinski definition) is 1. The molecule has 0 rings (SSSR count). The van der Waals surface area contributed by atoms with Crippen LogP contribution in [-0.2, 0) is 9.84 Å². The predicted octanol–water partition coefficient (Wildman–Crippen LogP) is 0.422. The summed E-state index contributed by atoms with van der Waals surface area (Å²) in [4.78, 5) is 0. The molecule has 0 spiro atoms. The van der Waals surface area contributed by atoms with E-state index < -0.39 is 9.84 Å². The number of nitrogens with one attached hydrogen (secondary N) is 1. The summed E-state index contributed by atoms with van der Waals surface area (Å²) < 4.78 is 22.9. The molecule has 3 nitrogen and oxygen atoms in total. The summed E-state index contributed by atoms with van der Waals surface area (Å²) in [5.74, 6) is 2.56. The normalized spacial score (nSPS) is 13.6. The standard InChI is InChI=1S/C9H17NO2S/c1-4-6-10-7-8-13(11,12)9(3)5-2/h1,9-10H,5-8H2,2-3H3. The highest BCUT2D eigenvalue weighted by Gasteiger charge is 2.17. The van der Waals surface area contributed by atoms with Gasteiger partial charge in [0, 0.05) is 6.54 Å². The van der Waals surface area contributed by atoms with Gasteiger partial charge >= 0.3 is 0 Å². The van der Waals surface area contributed by atoms with Crippen molar-refractivity contribution in [1.82, 2.24) is 5.32 Å². The molecule has 0 aliphatic rings. The van der Waals surface area contributed by atoms with Crippen molar-refractivity contribution in [2.45, 2.75) is 25.5 Å². The van der Waals surface area contributed by atoms with Crippen molar-refractivity contribution in [2.24, 2.45) is 0 Å². The van der Waals surface area contributed by atoms with Gasteiger partial charge in [-0.2, -0.15) is 0 Å². The molecule has 0 amide bonds. The van der Waals surface area contributed by atoms with Gasteiger partial charge in [0.25, 0.3) is 0 Å². The molecule has 0 saturated heterocycles. The predicted molar refractivity (Wildman–Crippen MR) is 55.2 cm³/mol. The van der Waals surface area contributed by atoms with E-state index in [1.54, 1.807) is 6.92 Å². The summed E-state index contributed by atoms with van der Waals surface area (Å²) in [7, 11) is -2.92. The number of sulfone groups is 1. The minimum Gasteiger partial charge on any atom is -0.305 e. The van der Waals surface area contributed by atoms with Gasteiger partial charge in [0.05, 0.1) is 17.5 Å². The van der Waals surface area contributed by atoms with Crippen LogP contribution in [0.15, 0.2) is 0 Å². The lowest BCUT2D eigenvalue weighted by atomic mass is 10.4. The van der Waals surface area contributed by atoms with E-state index in [4.69, 9.17) is 6.42 Å². The van der Waals surface area contributed by atoms with Crippen LogP contribution in [0.25, 0.3) is 0 Å². The van der Waals surface area contributed by atoms with E-state index >= 15 is 0 Å². The Kier molecular flexibility index (Phi) is 5.76. The third kappa shape index (κ3) is 4.91. The summed E-state index contributed by atoms with van der Waals surface area (Å²) in [6.45, 7) is 4.47. The minimum atomic E-state index is -2.92. The van der Waals surface area contributed by atoms with Crippen LogP contribution in [0.4, 0.5) is 0 Å². The lowest BCUT2D eigenvalue weighted by molar-refractivity contribution is 0.578. The van der Waals surface area contributed by atoms with Crippen LogP contribution in [0, 0.1) is 12.3 Å². The van der Waals surface area contributed by atoms with Crippen molar-refractivity contribution in [2.75, 3.05) is 18.8 Å². The Balaban J connectivity index is 3.85. The minimum absolute atomic E-state index is 0.170. The molecule has 0 aliphatic heterocycles. The molecule has 1 unspecified atom stereocenters. The van der Waals surface area contributed by atoms with E-state index in [-0.39, 0.29) is 11.0 Å². The summed E-state index contributed by atoms with van der Waals surface area (Å²) >= 11 is 0. The topological polar surface area (TPSA) is 46.2 Å². The van der Waals surface area contributed by atoms with Crippen molar-refractivity contribution in [3.63, 3.8) is 0 Å². The second-order valence-electron chi connectivity index (χ2n) is 2.97. The van der Waals surface area contributed by atoms with Crippen LogP contribution in [0.2, 0.25) is 0 Å². The first-order valence-electron chi connectivity index (χ1n) is 4.40. The second-order valence-corrected chi connectivity index (χ2v) is 5.51. The van der Waals surface area contributed by atoms with E-state index in [1.807, 2.05) is 6.92 Å². The van der Waals surface area contributed by atoms with Crippen LogP contribution < -0.4 is 5.32 Å². The Morgan fingerprint density at radius 3 is 2.62 bits per heavy atom. The Morgan fingerprint density at radius 1 is 1.54 bits per heavy atom. The Labute approximate surface area is 80.8 Å². The SMILES string of the molecule is C#CCNCCS(=O)(=O)C(C)CC. The van der Waals surface area contributed by atoms with Gasteiger partial charge in [0.15, 0.2) is 9.84 Å². The molecule has 0 radical (unpaired) electrons. The molecule has 0 fully saturated rings. The number of rotatable bonds is 6. The van der Waals surface area contributed by atoms with E-state index in [9.17, 15) is 8.42 Å². The van der Waals surface area contributed by atoms with Gasteiger partial charge in [-0.3, -0.25) is 0 Å². The zero-order valence-corrected chi connectivity index (χ0v) is 9.02. The average molecular weight is 203 g/mol. The molecule has 4 heteroatoms. The molecule has 0 saturated carbocycles.